The van der Waals surface area contributed by atoms with E-state index in [0.717, 1.165) is 18.5 Å². The second kappa shape index (κ2) is 8.44. The van der Waals surface area contributed by atoms with Gasteiger partial charge in [0.25, 0.3) is 0 Å². The molecule has 5 heteroatoms. The molecule has 3 rings (SSSR count). The summed E-state index contributed by atoms with van der Waals surface area (Å²) in [6.07, 6.45) is 1.26. The van der Waals surface area contributed by atoms with Crippen LogP contribution in [0.4, 0.5) is 0 Å². The minimum atomic E-state index is 0.0776. The molecule has 2 aromatic rings. The van der Waals surface area contributed by atoms with Crippen LogP contribution >= 0.6 is 0 Å². The number of hydrogen-bond acceptors (Lipinski definition) is 4. The first kappa shape index (κ1) is 19.2. The maximum Gasteiger partial charge on any atom is 0.226 e. The number of para-hydroxylation sites is 1. The second-order valence-corrected chi connectivity index (χ2v) is 7.15. The largest absolute Gasteiger partial charge is 0.493 e. The zero-order chi connectivity index (χ0) is 19.4. The Morgan fingerprint density at radius 3 is 2.56 bits per heavy atom. The summed E-state index contributed by atoms with van der Waals surface area (Å²) >= 11 is 0. The molecule has 1 heterocycles. The third-order valence-electron chi connectivity index (χ3n) is 5.35. The molecule has 144 valence electrons. The average molecular weight is 368 g/mol. The van der Waals surface area contributed by atoms with Crippen molar-refractivity contribution in [2.45, 2.75) is 25.4 Å². The SMILES string of the molecule is COc1cccc(CC(=O)N(C)C[C@@H]2Cc3ccccc3CN2C)c1OC. The van der Waals surface area contributed by atoms with E-state index in [-0.39, 0.29) is 5.91 Å². The Morgan fingerprint density at radius 1 is 1.11 bits per heavy atom. The third-order valence-corrected chi connectivity index (χ3v) is 5.35. The highest BCUT2D eigenvalue weighted by molar-refractivity contribution is 5.79. The Labute approximate surface area is 161 Å². The molecule has 1 aliphatic heterocycles. The van der Waals surface area contributed by atoms with Gasteiger partial charge >= 0.3 is 0 Å². The number of fused-ring (bicyclic) bond motifs is 1. The lowest BCUT2D eigenvalue weighted by Gasteiger charge is -2.36. The number of amides is 1. The van der Waals surface area contributed by atoms with Gasteiger partial charge in [-0.05, 0) is 30.7 Å². The van der Waals surface area contributed by atoms with Gasteiger partial charge in [0.05, 0.1) is 20.6 Å². The van der Waals surface area contributed by atoms with Crippen LogP contribution in [0.15, 0.2) is 42.5 Å². The summed E-state index contributed by atoms with van der Waals surface area (Å²) in [4.78, 5) is 17.0. The molecule has 0 spiro atoms. The molecule has 0 aromatic heterocycles. The minimum Gasteiger partial charge on any atom is -0.493 e. The van der Waals surface area contributed by atoms with Gasteiger partial charge in [0.15, 0.2) is 11.5 Å². The molecule has 27 heavy (non-hydrogen) atoms. The molecule has 0 N–H and O–H groups in total. The summed E-state index contributed by atoms with van der Waals surface area (Å²) in [5, 5.41) is 0. The predicted octanol–water partition coefficient (Wildman–Crippen LogP) is 2.76. The van der Waals surface area contributed by atoms with Gasteiger partial charge in [-0.25, -0.2) is 0 Å². The topological polar surface area (TPSA) is 42.0 Å². The fourth-order valence-corrected chi connectivity index (χ4v) is 3.73. The highest BCUT2D eigenvalue weighted by Crippen LogP contribution is 2.31. The summed E-state index contributed by atoms with van der Waals surface area (Å²) in [5.74, 6) is 1.35. The maximum atomic E-state index is 12.8. The van der Waals surface area contributed by atoms with Crippen LogP contribution in [0.5, 0.6) is 11.5 Å². The first-order chi connectivity index (χ1) is 13.0. The van der Waals surface area contributed by atoms with Crippen LogP contribution < -0.4 is 9.47 Å². The number of methoxy groups -OCH3 is 2. The van der Waals surface area contributed by atoms with E-state index in [1.165, 1.54) is 11.1 Å². The van der Waals surface area contributed by atoms with E-state index in [4.69, 9.17) is 9.47 Å². The van der Waals surface area contributed by atoms with Gasteiger partial charge in [-0.15, -0.1) is 0 Å². The van der Waals surface area contributed by atoms with Gasteiger partial charge < -0.3 is 14.4 Å². The van der Waals surface area contributed by atoms with Crippen LogP contribution in [-0.2, 0) is 24.2 Å². The average Bonchev–Trinajstić information content (AvgIpc) is 2.68. The normalized spacial score (nSPS) is 16.5. The van der Waals surface area contributed by atoms with Crippen LogP contribution in [0.2, 0.25) is 0 Å². The van der Waals surface area contributed by atoms with Crippen molar-refractivity contribution in [3.63, 3.8) is 0 Å². The highest BCUT2D eigenvalue weighted by Gasteiger charge is 2.26. The molecular weight excluding hydrogens is 340 g/mol. The zero-order valence-electron chi connectivity index (χ0n) is 16.6. The van der Waals surface area contributed by atoms with E-state index in [1.54, 1.807) is 14.2 Å². The molecular formula is C22H28N2O3. The van der Waals surface area contributed by atoms with E-state index in [0.29, 0.717) is 30.5 Å². The number of carbonyl (C=O) groups is 1. The zero-order valence-corrected chi connectivity index (χ0v) is 16.6. The standard InChI is InChI=1S/C22H28N2O3/c1-23-14-18-9-6-5-8-16(18)12-19(23)15-24(2)21(25)13-17-10-7-11-20(26-3)22(17)27-4/h5-11,19H,12-15H2,1-4H3/t19-/m0/s1. The summed E-state index contributed by atoms with van der Waals surface area (Å²) in [6.45, 7) is 1.63. The molecule has 0 saturated carbocycles. The molecule has 0 aliphatic carbocycles. The molecule has 2 aromatic carbocycles. The van der Waals surface area contributed by atoms with E-state index in [1.807, 2.05) is 30.1 Å². The fourth-order valence-electron chi connectivity index (χ4n) is 3.73. The number of benzene rings is 2. The number of hydrogen-bond donors (Lipinski definition) is 0. The Hall–Kier alpha value is -2.53. The van der Waals surface area contributed by atoms with Crippen LogP contribution in [-0.4, -0.2) is 56.6 Å². The number of carbonyl (C=O) groups excluding carboxylic acids is 1. The first-order valence-corrected chi connectivity index (χ1v) is 9.24. The van der Waals surface area contributed by atoms with Crippen molar-refractivity contribution in [1.82, 2.24) is 9.80 Å². The molecule has 0 fully saturated rings. The minimum absolute atomic E-state index is 0.0776. The Kier molecular flexibility index (Phi) is 6.01. The number of rotatable bonds is 6. The van der Waals surface area contributed by atoms with E-state index >= 15 is 0 Å². The summed E-state index contributed by atoms with van der Waals surface area (Å²) in [7, 11) is 7.21. The molecule has 0 bridgehead atoms. The van der Waals surface area contributed by atoms with E-state index in [9.17, 15) is 4.79 Å². The van der Waals surface area contributed by atoms with Crippen LogP contribution in [0, 0.1) is 0 Å². The van der Waals surface area contributed by atoms with Crippen LogP contribution in [0.1, 0.15) is 16.7 Å². The van der Waals surface area contributed by atoms with Gasteiger partial charge in [0.2, 0.25) is 5.91 Å². The highest BCUT2D eigenvalue weighted by atomic mass is 16.5. The van der Waals surface area contributed by atoms with Crippen LogP contribution in [0.3, 0.4) is 0 Å². The van der Waals surface area contributed by atoms with Crippen molar-refractivity contribution in [2.75, 3.05) is 34.9 Å². The van der Waals surface area contributed by atoms with Gasteiger partial charge in [-0.3, -0.25) is 9.69 Å². The van der Waals surface area contributed by atoms with Gasteiger partial charge in [0, 0.05) is 31.7 Å². The van der Waals surface area contributed by atoms with Crippen molar-refractivity contribution >= 4 is 5.91 Å². The summed E-state index contributed by atoms with van der Waals surface area (Å²) in [5.41, 5.74) is 3.61. The van der Waals surface area contributed by atoms with Gasteiger partial charge in [0.1, 0.15) is 0 Å². The fraction of sp³-hybridized carbons (Fsp3) is 0.409. The Balaban J connectivity index is 1.67. The molecule has 1 amide bonds. The molecule has 0 unspecified atom stereocenters. The van der Waals surface area contributed by atoms with Crippen molar-refractivity contribution in [2.24, 2.45) is 0 Å². The van der Waals surface area contributed by atoms with Crippen molar-refractivity contribution in [3.05, 3.63) is 59.2 Å². The van der Waals surface area contributed by atoms with Crippen LogP contribution in [0.25, 0.3) is 0 Å². The monoisotopic (exact) mass is 368 g/mol. The second-order valence-electron chi connectivity index (χ2n) is 7.15. The quantitative estimate of drug-likeness (QED) is 0.786. The first-order valence-electron chi connectivity index (χ1n) is 9.24. The summed E-state index contributed by atoms with van der Waals surface area (Å²) < 4.78 is 10.8. The van der Waals surface area contributed by atoms with Crippen molar-refractivity contribution in [1.29, 1.82) is 0 Å². The van der Waals surface area contributed by atoms with E-state index < -0.39 is 0 Å². The van der Waals surface area contributed by atoms with Crippen molar-refractivity contribution < 1.29 is 14.3 Å². The molecule has 0 saturated heterocycles. The summed E-state index contributed by atoms with van der Waals surface area (Å²) in [6, 6.07) is 14.5. The molecule has 1 aliphatic rings. The lowest BCUT2D eigenvalue weighted by molar-refractivity contribution is -0.130. The maximum absolute atomic E-state index is 12.8. The molecule has 0 radical (unpaired) electrons. The Bertz CT molecular complexity index is 806. The lowest BCUT2D eigenvalue weighted by Crippen LogP contribution is -2.46. The smallest absolute Gasteiger partial charge is 0.226 e. The van der Waals surface area contributed by atoms with Gasteiger partial charge in [-0.1, -0.05) is 36.4 Å². The third kappa shape index (κ3) is 4.25. The van der Waals surface area contributed by atoms with Crippen molar-refractivity contribution in [3.8, 4) is 11.5 Å². The number of nitrogens with zero attached hydrogens (tertiary/aromatic N) is 2. The predicted molar refractivity (Wildman–Crippen MR) is 106 cm³/mol. The molecule has 5 nitrogen and oxygen atoms in total. The lowest BCUT2D eigenvalue weighted by atomic mass is 9.94. The number of likely N-dealkylation sites (N-methyl/N-ethyl adjacent to an activating group) is 2. The molecule has 1 atom stereocenters. The Morgan fingerprint density at radius 2 is 1.85 bits per heavy atom. The van der Waals surface area contributed by atoms with Gasteiger partial charge in [-0.2, -0.15) is 0 Å². The van der Waals surface area contributed by atoms with E-state index in [2.05, 4.69) is 36.2 Å². The number of ether oxygens (including phenoxy) is 2.